The summed E-state index contributed by atoms with van der Waals surface area (Å²) in [6, 6.07) is 4.29. The number of hydrogen-bond acceptors (Lipinski definition) is 2. The smallest absolute Gasteiger partial charge is 0.0645 e. The Balaban J connectivity index is 2.21. The van der Waals surface area contributed by atoms with Crippen LogP contribution < -0.4 is 5.32 Å². The van der Waals surface area contributed by atoms with E-state index in [1.165, 1.54) is 5.69 Å². The van der Waals surface area contributed by atoms with Crippen LogP contribution in [0.1, 0.15) is 39.8 Å². The first-order valence-electron chi connectivity index (χ1n) is 7.52. The first kappa shape index (κ1) is 16.3. The number of nitrogens with zero attached hydrogens (tertiary/aromatic N) is 1. The van der Waals surface area contributed by atoms with Crippen molar-refractivity contribution < 1.29 is 4.74 Å². The minimum atomic E-state index is 0.697. The van der Waals surface area contributed by atoms with Gasteiger partial charge in [-0.15, -0.1) is 0 Å². The lowest BCUT2D eigenvalue weighted by molar-refractivity contribution is 0.116. The van der Waals surface area contributed by atoms with Crippen molar-refractivity contribution in [2.24, 2.45) is 11.8 Å². The van der Waals surface area contributed by atoms with Crippen LogP contribution in [0.5, 0.6) is 0 Å². The van der Waals surface area contributed by atoms with Gasteiger partial charge in [0, 0.05) is 31.6 Å². The predicted molar refractivity (Wildman–Crippen MR) is 81.3 cm³/mol. The Morgan fingerprint density at radius 2 is 1.95 bits per heavy atom. The Morgan fingerprint density at radius 3 is 2.63 bits per heavy atom. The zero-order valence-electron chi connectivity index (χ0n) is 13.0. The largest absolute Gasteiger partial charge is 0.380 e. The van der Waals surface area contributed by atoms with E-state index in [9.17, 15) is 0 Å². The summed E-state index contributed by atoms with van der Waals surface area (Å²) in [6.07, 6.45) is 3.28. The number of ether oxygens (including phenoxy) is 1. The van der Waals surface area contributed by atoms with Crippen molar-refractivity contribution in [3.63, 3.8) is 0 Å². The average molecular weight is 266 g/mol. The Kier molecular flexibility index (Phi) is 7.84. The molecular formula is C16H30N2O. The molecule has 0 amide bonds. The molecule has 0 fully saturated rings. The molecule has 0 saturated heterocycles. The molecule has 0 bridgehead atoms. The third-order valence-electron chi connectivity index (χ3n) is 3.10. The van der Waals surface area contributed by atoms with E-state index in [-0.39, 0.29) is 0 Å². The van der Waals surface area contributed by atoms with Gasteiger partial charge in [0.2, 0.25) is 0 Å². The lowest BCUT2D eigenvalue weighted by Gasteiger charge is -2.12. The van der Waals surface area contributed by atoms with E-state index in [2.05, 4.69) is 55.9 Å². The van der Waals surface area contributed by atoms with Crippen molar-refractivity contribution in [2.45, 2.75) is 47.2 Å². The fourth-order valence-corrected chi connectivity index (χ4v) is 1.90. The van der Waals surface area contributed by atoms with Gasteiger partial charge in [0.25, 0.3) is 0 Å². The molecule has 0 saturated carbocycles. The van der Waals surface area contributed by atoms with E-state index < -0.39 is 0 Å². The second-order valence-electron chi connectivity index (χ2n) is 6.01. The van der Waals surface area contributed by atoms with Gasteiger partial charge < -0.3 is 14.6 Å². The van der Waals surface area contributed by atoms with Crippen LogP contribution in [0.25, 0.3) is 0 Å². The lowest BCUT2D eigenvalue weighted by Crippen LogP contribution is -2.21. The van der Waals surface area contributed by atoms with E-state index >= 15 is 0 Å². The van der Waals surface area contributed by atoms with Crippen LogP contribution >= 0.6 is 0 Å². The van der Waals surface area contributed by atoms with Crippen LogP contribution in [0, 0.1) is 11.8 Å². The molecule has 0 unspecified atom stereocenters. The van der Waals surface area contributed by atoms with Crippen molar-refractivity contribution in [3.8, 4) is 0 Å². The van der Waals surface area contributed by atoms with Gasteiger partial charge in [0.15, 0.2) is 0 Å². The van der Waals surface area contributed by atoms with E-state index in [4.69, 9.17) is 4.74 Å². The number of aromatic nitrogens is 1. The quantitative estimate of drug-likeness (QED) is 0.658. The second-order valence-corrected chi connectivity index (χ2v) is 6.01. The lowest BCUT2D eigenvalue weighted by atomic mass is 10.1. The highest BCUT2D eigenvalue weighted by Gasteiger charge is 2.01. The van der Waals surface area contributed by atoms with Crippen molar-refractivity contribution in [1.82, 2.24) is 9.88 Å². The third-order valence-corrected chi connectivity index (χ3v) is 3.10. The number of hydrogen-bond donors (Lipinski definition) is 1. The van der Waals surface area contributed by atoms with E-state index in [0.717, 1.165) is 45.2 Å². The molecule has 19 heavy (non-hydrogen) atoms. The molecule has 1 heterocycles. The minimum Gasteiger partial charge on any atom is -0.380 e. The summed E-state index contributed by atoms with van der Waals surface area (Å²) >= 11 is 0. The Hall–Kier alpha value is -0.800. The van der Waals surface area contributed by atoms with Gasteiger partial charge >= 0.3 is 0 Å². The van der Waals surface area contributed by atoms with Gasteiger partial charge in [0.1, 0.15) is 0 Å². The highest BCUT2D eigenvalue weighted by molar-refractivity contribution is 5.06. The molecule has 0 spiro atoms. The van der Waals surface area contributed by atoms with Gasteiger partial charge in [-0.1, -0.05) is 27.7 Å². The molecule has 110 valence electrons. The molecule has 1 rings (SSSR count). The fourth-order valence-electron chi connectivity index (χ4n) is 1.90. The molecule has 3 nitrogen and oxygen atoms in total. The summed E-state index contributed by atoms with van der Waals surface area (Å²) in [5, 5.41) is 3.48. The maximum Gasteiger partial charge on any atom is 0.0645 e. The summed E-state index contributed by atoms with van der Waals surface area (Å²) in [4.78, 5) is 0. The zero-order valence-corrected chi connectivity index (χ0v) is 13.0. The van der Waals surface area contributed by atoms with E-state index in [1.54, 1.807) is 0 Å². The minimum absolute atomic E-state index is 0.697. The van der Waals surface area contributed by atoms with Crippen LogP contribution in [0.4, 0.5) is 0 Å². The number of nitrogens with one attached hydrogen (secondary N) is 1. The van der Waals surface area contributed by atoms with Gasteiger partial charge in [-0.3, -0.25) is 0 Å². The van der Waals surface area contributed by atoms with Crippen LogP contribution in [0.2, 0.25) is 0 Å². The summed E-state index contributed by atoms with van der Waals surface area (Å²) in [5.41, 5.74) is 1.34. The topological polar surface area (TPSA) is 26.2 Å². The Bertz CT molecular complexity index is 331. The third kappa shape index (κ3) is 7.38. The van der Waals surface area contributed by atoms with Crippen LogP contribution in [-0.4, -0.2) is 24.3 Å². The van der Waals surface area contributed by atoms with Gasteiger partial charge in [-0.25, -0.2) is 0 Å². The molecule has 0 aliphatic rings. The summed E-state index contributed by atoms with van der Waals surface area (Å²) in [5.74, 6) is 1.42. The van der Waals surface area contributed by atoms with E-state index in [0.29, 0.717) is 5.92 Å². The maximum atomic E-state index is 5.67. The molecule has 0 atom stereocenters. The molecule has 0 aliphatic carbocycles. The van der Waals surface area contributed by atoms with Crippen molar-refractivity contribution in [2.75, 3.05) is 19.8 Å². The zero-order chi connectivity index (χ0) is 14.1. The second kappa shape index (κ2) is 9.16. The van der Waals surface area contributed by atoms with Gasteiger partial charge in [-0.05, 0) is 36.9 Å². The molecule has 0 aromatic carbocycles. The molecule has 1 aromatic heterocycles. The number of rotatable bonds is 10. The first-order valence-corrected chi connectivity index (χ1v) is 7.52. The summed E-state index contributed by atoms with van der Waals surface area (Å²) in [6.45, 7) is 13.6. The SMILES string of the molecule is CC(C)CCOCCn1cccc1CNCC(C)C. The first-order chi connectivity index (χ1) is 9.09. The monoisotopic (exact) mass is 266 g/mol. The maximum absolute atomic E-state index is 5.67. The molecule has 0 aliphatic heterocycles. The average Bonchev–Trinajstić information content (AvgIpc) is 2.75. The van der Waals surface area contributed by atoms with Crippen LogP contribution in [0.15, 0.2) is 18.3 Å². The summed E-state index contributed by atoms with van der Waals surface area (Å²) in [7, 11) is 0. The standard InChI is InChI=1S/C16H30N2O/c1-14(2)7-10-19-11-9-18-8-5-6-16(18)13-17-12-15(3)4/h5-6,8,14-15,17H,7,9-13H2,1-4H3. The highest BCUT2D eigenvalue weighted by Crippen LogP contribution is 2.03. The Morgan fingerprint density at radius 1 is 1.16 bits per heavy atom. The predicted octanol–water partition coefficient (Wildman–Crippen LogP) is 3.30. The fraction of sp³-hybridized carbons (Fsp3) is 0.750. The van der Waals surface area contributed by atoms with Crippen molar-refractivity contribution >= 4 is 0 Å². The molecule has 0 radical (unpaired) electrons. The molecular weight excluding hydrogens is 236 g/mol. The van der Waals surface area contributed by atoms with Crippen molar-refractivity contribution in [3.05, 3.63) is 24.0 Å². The van der Waals surface area contributed by atoms with Crippen LogP contribution in [0.3, 0.4) is 0 Å². The van der Waals surface area contributed by atoms with E-state index in [1.807, 2.05) is 0 Å². The highest BCUT2D eigenvalue weighted by atomic mass is 16.5. The molecule has 1 N–H and O–H groups in total. The normalized spacial score (nSPS) is 11.7. The van der Waals surface area contributed by atoms with Crippen LogP contribution in [-0.2, 0) is 17.8 Å². The van der Waals surface area contributed by atoms with Gasteiger partial charge in [0.05, 0.1) is 6.61 Å². The van der Waals surface area contributed by atoms with Gasteiger partial charge in [-0.2, -0.15) is 0 Å². The summed E-state index contributed by atoms with van der Waals surface area (Å²) < 4.78 is 7.95. The molecule has 1 aromatic rings. The van der Waals surface area contributed by atoms with Crippen molar-refractivity contribution in [1.29, 1.82) is 0 Å². The molecule has 3 heteroatoms. The Labute approximate surface area is 118 Å².